The number of hydrogen-bond acceptors (Lipinski definition) is 2. The molecule has 1 atom stereocenters. The van der Waals surface area contributed by atoms with Crippen molar-refractivity contribution in [1.82, 2.24) is 5.32 Å². The van der Waals surface area contributed by atoms with Crippen LogP contribution in [0.25, 0.3) is 0 Å². The van der Waals surface area contributed by atoms with Crippen LogP contribution >= 0.6 is 0 Å². The normalized spacial score (nSPS) is 12.8. The van der Waals surface area contributed by atoms with Gasteiger partial charge in [0.25, 0.3) is 0 Å². The summed E-state index contributed by atoms with van der Waals surface area (Å²) in [7, 11) is 0. The van der Waals surface area contributed by atoms with Crippen molar-refractivity contribution in [3.05, 3.63) is 29.8 Å². The first-order chi connectivity index (χ1) is 7.63. The molecule has 0 unspecified atom stereocenters. The van der Waals surface area contributed by atoms with Crippen LogP contribution < -0.4 is 10.1 Å². The van der Waals surface area contributed by atoms with Gasteiger partial charge in [0, 0.05) is 6.54 Å². The zero-order valence-corrected chi connectivity index (χ0v) is 10.8. The first-order valence-electron chi connectivity index (χ1n) is 6.10. The number of rotatable bonds is 6. The van der Waals surface area contributed by atoms with Gasteiger partial charge in [-0.3, -0.25) is 0 Å². The lowest BCUT2D eigenvalue weighted by atomic mass is 10.0. The predicted octanol–water partition coefficient (Wildman–Crippen LogP) is 3.19. The molecule has 1 rings (SSSR count). The van der Waals surface area contributed by atoms with E-state index in [-0.39, 0.29) is 6.10 Å². The Morgan fingerprint density at radius 2 is 1.75 bits per heavy atom. The average Bonchev–Trinajstić information content (AvgIpc) is 2.27. The molecule has 0 aliphatic rings. The zero-order chi connectivity index (χ0) is 12.0. The fourth-order valence-corrected chi connectivity index (χ4v) is 1.55. The SMILES string of the molecule is CCNC[C@@H](C)Oc1ccc(C(C)C)cc1. The Hall–Kier alpha value is -1.02. The zero-order valence-electron chi connectivity index (χ0n) is 10.8. The molecule has 2 nitrogen and oxygen atoms in total. The monoisotopic (exact) mass is 221 g/mol. The van der Waals surface area contributed by atoms with E-state index in [1.165, 1.54) is 5.56 Å². The van der Waals surface area contributed by atoms with Crippen LogP contribution in [-0.2, 0) is 0 Å². The maximum Gasteiger partial charge on any atom is 0.119 e. The van der Waals surface area contributed by atoms with E-state index >= 15 is 0 Å². The first-order valence-corrected chi connectivity index (χ1v) is 6.10. The minimum absolute atomic E-state index is 0.213. The Kier molecular flexibility index (Phi) is 5.33. The third-order valence-corrected chi connectivity index (χ3v) is 2.57. The molecular formula is C14H23NO. The van der Waals surface area contributed by atoms with Gasteiger partial charge in [-0.05, 0) is 37.1 Å². The topological polar surface area (TPSA) is 21.3 Å². The second-order valence-electron chi connectivity index (χ2n) is 4.46. The van der Waals surface area contributed by atoms with Gasteiger partial charge in [0.2, 0.25) is 0 Å². The summed E-state index contributed by atoms with van der Waals surface area (Å²) in [4.78, 5) is 0. The van der Waals surface area contributed by atoms with E-state index in [1.807, 2.05) is 0 Å². The molecule has 0 bridgehead atoms. The van der Waals surface area contributed by atoms with Crippen molar-refractivity contribution in [2.75, 3.05) is 13.1 Å². The summed E-state index contributed by atoms with van der Waals surface area (Å²) in [5.41, 5.74) is 1.35. The molecule has 1 aromatic carbocycles. The molecule has 16 heavy (non-hydrogen) atoms. The fraction of sp³-hybridized carbons (Fsp3) is 0.571. The molecule has 0 spiro atoms. The summed E-state index contributed by atoms with van der Waals surface area (Å²) >= 11 is 0. The van der Waals surface area contributed by atoms with Crippen LogP contribution in [0.5, 0.6) is 5.75 Å². The van der Waals surface area contributed by atoms with Crippen molar-refractivity contribution >= 4 is 0 Å². The van der Waals surface area contributed by atoms with E-state index in [9.17, 15) is 0 Å². The van der Waals surface area contributed by atoms with E-state index in [1.54, 1.807) is 0 Å². The first kappa shape index (κ1) is 13.0. The van der Waals surface area contributed by atoms with E-state index in [0.29, 0.717) is 5.92 Å². The van der Waals surface area contributed by atoms with Crippen LogP contribution in [0.4, 0.5) is 0 Å². The van der Waals surface area contributed by atoms with Crippen molar-refractivity contribution in [2.45, 2.75) is 39.7 Å². The number of nitrogens with one attached hydrogen (secondary N) is 1. The highest BCUT2D eigenvalue weighted by Crippen LogP contribution is 2.19. The van der Waals surface area contributed by atoms with Crippen LogP contribution in [0.15, 0.2) is 24.3 Å². The van der Waals surface area contributed by atoms with Crippen LogP contribution in [0.1, 0.15) is 39.2 Å². The van der Waals surface area contributed by atoms with E-state index in [0.717, 1.165) is 18.8 Å². The fourth-order valence-electron chi connectivity index (χ4n) is 1.55. The van der Waals surface area contributed by atoms with Crippen molar-refractivity contribution in [2.24, 2.45) is 0 Å². The summed E-state index contributed by atoms with van der Waals surface area (Å²) in [5, 5.41) is 3.27. The van der Waals surface area contributed by atoms with Gasteiger partial charge in [-0.25, -0.2) is 0 Å². The van der Waals surface area contributed by atoms with Gasteiger partial charge < -0.3 is 10.1 Å². The summed E-state index contributed by atoms with van der Waals surface area (Å²) in [6.45, 7) is 10.5. The van der Waals surface area contributed by atoms with Gasteiger partial charge in [-0.2, -0.15) is 0 Å². The molecule has 0 aromatic heterocycles. The number of ether oxygens (including phenoxy) is 1. The molecule has 0 heterocycles. The number of likely N-dealkylation sites (N-methyl/N-ethyl adjacent to an activating group) is 1. The van der Waals surface area contributed by atoms with Crippen LogP contribution in [-0.4, -0.2) is 19.2 Å². The highest BCUT2D eigenvalue weighted by molar-refractivity contribution is 5.29. The van der Waals surface area contributed by atoms with Crippen LogP contribution in [0, 0.1) is 0 Å². The largest absolute Gasteiger partial charge is 0.489 e. The van der Waals surface area contributed by atoms with Crippen LogP contribution in [0.2, 0.25) is 0 Å². The van der Waals surface area contributed by atoms with Gasteiger partial charge >= 0.3 is 0 Å². The lowest BCUT2D eigenvalue weighted by Gasteiger charge is -2.15. The molecule has 2 heteroatoms. The van der Waals surface area contributed by atoms with Crippen molar-refractivity contribution in [3.8, 4) is 5.75 Å². The van der Waals surface area contributed by atoms with Crippen LogP contribution in [0.3, 0.4) is 0 Å². The van der Waals surface area contributed by atoms with Gasteiger partial charge in [0.05, 0.1) is 0 Å². The van der Waals surface area contributed by atoms with Gasteiger partial charge in [0.15, 0.2) is 0 Å². The smallest absolute Gasteiger partial charge is 0.119 e. The van der Waals surface area contributed by atoms with Gasteiger partial charge in [-0.15, -0.1) is 0 Å². The molecule has 0 saturated heterocycles. The maximum atomic E-state index is 5.79. The summed E-state index contributed by atoms with van der Waals surface area (Å²) in [6.07, 6.45) is 0.213. The lowest BCUT2D eigenvalue weighted by Crippen LogP contribution is -2.28. The third-order valence-electron chi connectivity index (χ3n) is 2.57. The maximum absolute atomic E-state index is 5.79. The van der Waals surface area contributed by atoms with Gasteiger partial charge in [-0.1, -0.05) is 32.9 Å². The highest BCUT2D eigenvalue weighted by atomic mass is 16.5. The summed E-state index contributed by atoms with van der Waals surface area (Å²) in [5.74, 6) is 1.53. The molecule has 0 aliphatic carbocycles. The third kappa shape index (κ3) is 4.23. The van der Waals surface area contributed by atoms with Crippen molar-refractivity contribution in [3.63, 3.8) is 0 Å². The number of hydrogen-bond donors (Lipinski definition) is 1. The standard InChI is InChI=1S/C14H23NO/c1-5-15-10-12(4)16-14-8-6-13(7-9-14)11(2)3/h6-9,11-12,15H,5,10H2,1-4H3/t12-/m1/s1. The Labute approximate surface area is 99.0 Å². The minimum Gasteiger partial charge on any atom is -0.489 e. The molecule has 0 aliphatic heterocycles. The van der Waals surface area contributed by atoms with E-state index in [2.05, 4.69) is 57.3 Å². The average molecular weight is 221 g/mol. The molecule has 0 saturated carbocycles. The molecule has 0 fully saturated rings. The van der Waals surface area contributed by atoms with Gasteiger partial charge in [0.1, 0.15) is 11.9 Å². The predicted molar refractivity (Wildman–Crippen MR) is 69.2 cm³/mol. The van der Waals surface area contributed by atoms with Crippen molar-refractivity contribution < 1.29 is 4.74 Å². The van der Waals surface area contributed by atoms with E-state index in [4.69, 9.17) is 4.74 Å². The second kappa shape index (κ2) is 6.54. The molecular weight excluding hydrogens is 198 g/mol. The lowest BCUT2D eigenvalue weighted by molar-refractivity contribution is 0.218. The second-order valence-corrected chi connectivity index (χ2v) is 4.46. The minimum atomic E-state index is 0.213. The molecule has 1 aromatic rings. The quantitative estimate of drug-likeness (QED) is 0.796. The van der Waals surface area contributed by atoms with E-state index < -0.39 is 0 Å². The van der Waals surface area contributed by atoms with Crippen molar-refractivity contribution in [1.29, 1.82) is 0 Å². The Morgan fingerprint density at radius 1 is 1.12 bits per heavy atom. The number of benzene rings is 1. The molecule has 90 valence electrons. The Bertz CT molecular complexity index is 292. The highest BCUT2D eigenvalue weighted by Gasteiger charge is 2.04. The summed E-state index contributed by atoms with van der Waals surface area (Å²) in [6, 6.07) is 8.38. The Balaban J connectivity index is 2.48. The summed E-state index contributed by atoms with van der Waals surface area (Å²) < 4.78 is 5.79. The molecule has 0 amide bonds. The Morgan fingerprint density at radius 3 is 2.25 bits per heavy atom. The molecule has 0 radical (unpaired) electrons. The molecule has 1 N–H and O–H groups in total.